The lowest BCUT2D eigenvalue weighted by atomic mass is 9.85. The molecule has 0 aromatic heterocycles. The second kappa shape index (κ2) is 5.48. The highest BCUT2D eigenvalue weighted by Crippen LogP contribution is 2.31. The van der Waals surface area contributed by atoms with E-state index in [1.54, 1.807) is 0 Å². The summed E-state index contributed by atoms with van der Waals surface area (Å²) in [6, 6.07) is -0.0181. The molecule has 0 bridgehead atoms. The van der Waals surface area contributed by atoms with Crippen molar-refractivity contribution in [1.29, 1.82) is 0 Å². The fourth-order valence-electron chi connectivity index (χ4n) is 2.01. The summed E-state index contributed by atoms with van der Waals surface area (Å²) < 4.78 is 30.5. The molecule has 2 atom stereocenters. The molecule has 1 aliphatic rings. The van der Waals surface area contributed by atoms with Crippen LogP contribution in [0.3, 0.4) is 0 Å². The number of rotatable bonds is 5. The number of carbonyl (C=O) groups excluding carboxylic acids is 1. The van der Waals surface area contributed by atoms with Gasteiger partial charge in [-0.2, -0.15) is 8.78 Å². The molecule has 6 heteroatoms. The van der Waals surface area contributed by atoms with Gasteiger partial charge in [0.1, 0.15) is 6.10 Å². The normalized spacial score (nSPS) is 25.0. The Morgan fingerprint density at radius 2 is 2.17 bits per heavy atom. The molecule has 0 aromatic carbocycles. The summed E-state index contributed by atoms with van der Waals surface area (Å²) in [5.41, 5.74) is -0.103. The molecule has 0 saturated carbocycles. The molecule has 1 fully saturated rings. The summed E-state index contributed by atoms with van der Waals surface area (Å²) in [4.78, 5) is 10.8. The fraction of sp³-hybridized carbons (Fsp3) is 0.917. The van der Waals surface area contributed by atoms with Crippen molar-refractivity contribution in [2.45, 2.75) is 51.7 Å². The molecule has 0 radical (unpaired) electrons. The minimum atomic E-state index is -3.36. The van der Waals surface area contributed by atoms with Crippen molar-refractivity contribution in [2.75, 3.05) is 13.2 Å². The van der Waals surface area contributed by atoms with E-state index in [0.29, 0.717) is 6.42 Å². The van der Waals surface area contributed by atoms with Crippen molar-refractivity contribution in [3.63, 3.8) is 0 Å². The molecule has 0 amide bonds. The van der Waals surface area contributed by atoms with Crippen LogP contribution < -0.4 is 5.32 Å². The van der Waals surface area contributed by atoms with E-state index in [4.69, 9.17) is 5.11 Å². The van der Waals surface area contributed by atoms with Crippen molar-refractivity contribution in [3.8, 4) is 0 Å². The van der Waals surface area contributed by atoms with Crippen LogP contribution in [0.5, 0.6) is 0 Å². The zero-order valence-electron chi connectivity index (χ0n) is 11.0. The molecular weight excluding hydrogens is 244 g/mol. The van der Waals surface area contributed by atoms with Gasteiger partial charge < -0.3 is 15.2 Å². The van der Waals surface area contributed by atoms with Crippen LogP contribution in [-0.4, -0.2) is 42.3 Å². The number of hydrogen-bond acceptors (Lipinski definition) is 4. The number of esters is 1. The molecule has 0 aliphatic carbocycles. The summed E-state index contributed by atoms with van der Waals surface area (Å²) in [7, 11) is 0. The third-order valence-electron chi connectivity index (χ3n) is 3.11. The summed E-state index contributed by atoms with van der Waals surface area (Å²) in [5, 5.41) is 12.1. The lowest BCUT2D eigenvalue weighted by Crippen LogP contribution is -2.44. The number of nitrogens with one attached hydrogen (secondary N) is 1. The van der Waals surface area contributed by atoms with Crippen LogP contribution in [0.2, 0.25) is 0 Å². The predicted molar refractivity (Wildman–Crippen MR) is 62.4 cm³/mol. The Labute approximate surface area is 106 Å². The molecule has 1 aliphatic heterocycles. The Morgan fingerprint density at radius 3 is 2.56 bits per heavy atom. The van der Waals surface area contributed by atoms with E-state index in [9.17, 15) is 13.6 Å². The maximum absolute atomic E-state index is 13.0. The van der Waals surface area contributed by atoms with Gasteiger partial charge in [0.05, 0.1) is 6.42 Å². The van der Waals surface area contributed by atoms with Crippen molar-refractivity contribution < 1.29 is 23.4 Å². The molecular formula is C12H21F2NO3. The summed E-state index contributed by atoms with van der Waals surface area (Å²) in [6.45, 7) is 6.19. The minimum Gasteiger partial charge on any atom is -0.456 e. The molecule has 2 unspecified atom stereocenters. The predicted octanol–water partition coefficient (Wildman–Crippen LogP) is 1.32. The molecule has 1 rings (SSSR count). The monoisotopic (exact) mass is 265 g/mol. The van der Waals surface area contributed by atoms with Crippen LogP contribution in [0, 0.1) is 5.41 Å². The number of hydrogen-bond donors (Lipinski definition) is 2. The number of aliphatic hydroxyl groups is 1. The number of ether oxygens (including phenoxy) is 1. The third kappa shape index (κ3) is 3.88. The van der Waals surface area contributed by atoms with Crippen LogP contribution in [0.4, 0.5) is 8.78 Å². The van der Waals surface area contributed by atoms with Crippen molar-refractivity contribution >= 4 is 5.97 Å². The largest absolute Gasteiger partial charge is 0.456 e. The minimum absolute atomic E-state index is 0.0181. The van der Waals surface area contributed by atoms with Gasteiger partial charge in [-0.05, 0) is 11.8 Å². The van der Waals surface area contributed by atoms with Gasteiger partial charge in [-0.15, -0.1) is 0 Å². The van der Waals surface area contributed by atoms with Crippen molar-refractivity contribution in [3.05, 3.63) is 0 Å². The molecule has 4 nitrogen and oxygen atoms in total. The van der Waals surface area contributed by atoms with Gasteiger partial charge in [0.2, 0.25) is 0 Å². The highest BCUT2D eigenvalue weighted by molar-refractivity contribution is 5.79. The molecule has 2 N–H and O–H groups in total. The van der Waals surface area contributed by atoms with Crippen LogP contribution in [0.25, 0.3) is 0 Å². The first-order valence-corrected chi connectivity index (χ1v) is 6.10. The Morgan fingerprint density at radius 1 is 1.56 bits per heavy atom. The number of halogens is 2. The number of carbonyl (C=O) groups is 1. The zero-order chi connectivity index (χ0) is 14.0. The van der Waals surface area contributed by atoms with E-state index >= 15 is 0 Å². The average Bonchev–Trinajstić information content (AvgIpc) is 2.46. The first-order valence-electron chi connectivity index (χ1n) is 6.10. The summed E-state index contributed by atoms with van der Waals surface area (Å²) >= 11 is 0. The molecule has 1 saturated heterocycles. The van der Waals surface area contributed by atoms with Gasteiger partial charge in [-0.1, -0.05) is 20.8 Å². The van der Waals surface area contributed by atoms with Crippen LogP contribution in [0.1, 0.15) is 33.6 Å². The standard InChI is InChI=1S/C12H21F2NO3/c1-11(2,3)9(4-5-16)15-7-8-6-12(13,14)10(17)18-8/h8-9,15-16H,4-7H2,1-3H3. The zero-order valence-corrected chi connectivity index (χ0v) is 11.0. The number of alkyl halides is 2. The van der Waals surface area contributed by atoms with Crippen LogP contribution in [-0.2, 0) is 9.53 Å². The third-order valence-corrected chi connectivity index (χ3v) is 3.11. The van der Waals surface area contributed by atoms with E-state index in [-0.39, 0.29) is 24.6 Å². The second-order valence-corrected chi connectivity index (χ2v) is 5.78. The van der Waals surface area contributed by atoms with E-state index in [2.05, 4.69) is 10.1 Å². The first-order chi connectivity index (χ1) is 8.16. The van der Waals surface area contributed by atoms with Gasteiger partial charge in [0.25, 0.3) is 0 Å². The molecule has 18 heavy (non-hydrogen) atoms. The second-order valence-electron chi connectivity index (χ2n) is 5.78. The van der Waals surface area contributed by atoms with E-state index < -0.39 is 24.4 Å². The van der Waals surface area contributed by atoms with Crippen LogP contribution in [0.15, 0.2) is 0 Å². The SMILES string of the molecule is CC(C)(C)C(CCO)NCC1CC(F)(F)C(=O)O1. The van der Waals surface area contributed by atoms with Gasteiger partial charge >= 0.3 is 11.9 Å². The van der Waals surface area contributed by atoms with E-state index in [1.807, 2.05) is 20.8 Å². The number of cyclic esters (lactones) is 1. The maximum atomic E-state index is 13.0. The lowest BCUT2D eigenvalue weighted by molar-refractivity contribution is -0.159. The topological polar surface area (TPSA) is 58.6 Å². The Bertz CT molecular complexity index is 302. The molecule has 1 heterocycles. The fourth-order valence-corrected chi connectivity index (χ4v) is 2.01. The van der Waals surface area contributed by atoms with Crippen molar-refractivity contribution in [2.24, 2.45) is 5.41 Å². The number of aliphatic hydroxyl groups excluding tert-OH is 1. The maximum Gasteiger partial charge on any atom is 0.377 e. The van der Waals surface area contributed by atoms with Crippen LogP contribution >= 0.6 is 0 Å². The van der Waals surface area contributed by atoms with Gasteiger partial charge in [0, 0.05) is 19.2 Å². The molecule has 0 aromatic rings. The summed E-state index contributed by atoms with van der Waals surface area (Å²) in [5.74, 6) is -4.80. The van der Waals surface area contributed by atoms with E-state index in [0.717, 1.165) is 0 Å². The smallest absolute Gasteiger partial charge is 0.377 e. The highest BCUT2D eigenvalue weighted by atomic mass is 19.3. The lowest BCUT2D eigenvalue weighted by Gasteiger charge is -2.32. The van der Waals surface area contributed by atoms with Gasteiger partial charge in [-0.25, -0.2) is 4.79 Å². The van der Waals surface area contributed by atoms with Gasteiger partial charge in [-0.3, -0.25) is 0 Å². The van der Waals surface area contributed by atoms with E-state index in [1.165, 1.54) is 0 Å². The Hall–Kier alpha value is -0.750. The molecule has 0 spiro atoms. The van der Waals surface area contributed by atoms with Gasteiger partial charge in [0.15, 0.2) is 0 Å². The van der Waals surface area contributed by atoms with Crippen molar-refractivity contribution in [1.82, 2.24) is 5.32 Å². The first kappa shape index (κ1) is 15.3. The molecule has 106 valence electrons. The highest BCUT2D eigenvalue weighted by Gasteiger charge is 2.50. The average molecular weight is 265 g/mol. The quantitative estimate of drug-likeness (QED) is 0.736. The Kier molecular flexibility index (Phi) is 4.66. The Balaban J connectivity index is 2.47. The summed E-state index contributed by atoms with van der Waals surface area (Å²) in [6.07, 6.45) is -0.842.